The summed E-state index contributed by atoms with van der Waals surface area (Å²) in [4.78, 5) is 29.8. The number of aryl methyl sites for hydroxylation is 2. The number of ketones is 1. The number of aliphatic hydroxyl groups excluding tert-OH is 1. The van der Waals surface area contributed by atoms with Crippen LogP contribution in [0.4, 0.5) is 0 Å². The zero-order valence-corrected chi connectivity index (χ0v) is 19.6. The van der Waals surface area contributed by atoms with Crippen molar-refractivity contribution in [3.63, 3.8) is 0 Å². The van der Waals surface area contributed by atoms with Crippen LogP contribution in [0.15, 0.2) is 29.8 Å². The average molecular weight is 441 g/mol. The van der Waals surface area contributed by atoms with Gasteiger partial charge in [-0.05, 0) is 72.5 Å². The van der Waals surface area contributed by atoms with Crippen LogP contribution in [0.1, 0.15) is 48.8 Å². The van der Waals surface area contributed by atoms with Crippen molar-refractivity contribution < 1.29 is 19.4 Å². The van der Waals surface area contributed by atoms with Gasteiger partial charge >= 0.3 is 0 Å². The van der Waals surface area contributed by atoms with Gasteiger partial charge in [-0.2, -0.15) is 5.10 Å². The first-order valence-corrected chi connectivity index (χ1v) is 10.8. The molecule has 2 aromatic rings. The zero-order chi connectivity index (χ0) is 23.6. The zero-order valence-electron chi connectivity index (χ0n) is 19.6. The number of ether oxygens (including phenoxy) is 1. The molecule has 172 valence electrons. The van der Waals surface area contributed by atoms with Crippen molar-refractivity contribution in [2.75, 3.05) is 27.2 Å². The quantitative estimate of drug-likeness (QED) is 0.372. The Balaban J connectivity index is 2.13. The molecule has 2 N–H and O–H groups in total. The van der Waals surface area contributed by atoms with Crippen LogP contribution in [0.25, 0.3) is 5.76 Å². The van der Waals surface area contributed by atoms with Gasteiger partial charge in [0, 0.05) is 12.2 Å². The molecule has 0 aliphatic carbocycles. The molecule has 0 saturated carbocycles. The standard InChI is InChI=1S/C24H32N4O4/c1-14(2)32-18-10-7-9-17(13-18)21-20(22(29)19-15(3)25-26-16(19)4)23(30)24(31)28(21)12-8-11-27(5)6/h7,9-10,13-14,21,29H,8,11-12H2,1-6H3,(H,25,26)/b22-20+/t21-/m0/s1. The van der Waals surface area contributed by atoms with E-state index in [0.29, 0.717) is 41.2 Å². The molecule has 3 rings (SSSR count). The summed E-state index contributed by atoms with van der Waals surface area (Å²) in [6.07, 6.45) is 0.677. The Kier molecular flexibility index (Phi) is 7.03. The highest BCUT2D eigenvalue weighted by Crippen LogP contribution is 2.41. The van der Waals surface area contributed by atoms with Crippen LogP contribution in [-0.4, -0.2) is 70.1 Å². The second kappa shape index (κ2) is 9.56. The number of carbonyl (C=O) groups is 2. The summed E-state index contributed by atoms with van der Waals surface area (Å²) in [5.41, 5.74) is 2.45. The Bertz CT molecular complexity index is 1020. The number of hydrogen-bond donors (Lipinski definition) is 2. The fourth-order valence-corrected chi connectivity index (χ4v) is 4.08. The number of nitrogens with one attached hydrogen (secondary N) is 1. The SMILES string of the molecule is Cc1n[nH]c(C)c1/C(O)=C1\C(=O)C(=O)N(CCCN(C)C)[C@H]1c1cccc(OC(C)C)c1. The van der Waals surface area contributed by atoms with E-state index >= 15 is 0 Å². The molecule has 1 saturated heterocycles. The first kappa shape index (κ1) is 23.5. The number of likely N-dealkylation sites (tertiary alicyclic amines) is 1. The highest BCUT2D eigenvalue weighted by atomic mass is 16.5. The number of hydrogen-bond acceptors (Lipinski definition) is 6. The van der Waals surface area contributed by atoms with Gasteiger partial charge in [0.25, 0.3) is 11.7 Å². The molecule has 1 aliphatic heterocycles. The molecule has 32 heavy (non-hydrogen) atoms. The second-order valence-electron chi connectivity index (χ2n) is 8.70. The number of nitrogens with zero attached hydrogens (tertiary/aromatic N) is 3. The van der Waals surface area contributed by atoms with E-state index in [1.807, 2.05) is 57.1 Å². The summed E-state index contributed by atoms with van der Waals surface area (Å²) in [6.45, 7) is 8.55. The summed E-state index contributed by atoms with van der Waals surface area (Å²) < 4.78 is 5.83. The number of amides is 1. The van der Waals surface area contributed by atoms with Crippen molar-refractivity contribution in [3.05, 3.63) is 52.4 Å². The lowest BCUT2D eigenvalue weighted by Gasteiger charge is -2.26. The molecule has 8 heteroatoms. The molecule has 1 fully saturated rings. The Morgan fingerprint density at radius 2 is 2.00 bits per heavy atom. The van der Waals surface area contributed by atoms with E-state index in [-0.39, 0.29) is 17.4 Å². The van der Waals surface area contributed by atoms with Gasteiger partial charge in [0.15, 0.2) is 0 Å². The minimum Gasteiger partial charge on any atom is -0.507 e. The highest BCUT2D eigenvalue weighted by Gasteiger charge is 2.46. The lowest BCUT2D eigenvalue weighted by molar-refractivity contribution is -0.139. The summed E-state index contributed by atoms with van der Waals surface area (Å²) in [7, 11) is 3.92. The number of aromatic amines is 1. The highest BCUT2D eigenvalue weighted by molar-refractivity contribution is 6.46. The Hall–Kier alpha value is -3.13. The lowest BCUT2D eigenvalue weighted by atomic mass is 9.94. The van der Waals surface area contributed by atoms with Crippen LogP contribution in [0.3, 0.4) is 0 Å². The van der Waals surface area contributed by atoms with E-state index in [4.69, 9.17) is 4.74 Å². The minimum atomic E-state index is -0.707. The van der Waals surface area contributed by atoms with Gasteiger partial charge in [-0.3, -0.25) is 14.7 Å². The number of aliphatic hydroxyl groups is 1. The fourth-order valence-electron chi connectivity index (χ4n) is 4.08. The van der Waals surface area contributed by atoms with Gasteiger partial charge in [0.2, 0.25) is 0 Å². The molecule has 1 amide bonds. The van der Waals surface area contributed by atoms with Crippen molar-refractivity contribution in [1.82, 2.24) is 20.0 Å². The van der Waals surface area contributed by atoms with E-state index in [1.54, 1.807) is 18.7 Å². The van der Waals surface area contributed by atoms with Gasteiger partial charge < -0.3 is 19.6 Å². The topological polar surface area (TPSA) is 98.8 Å². The van der Waals surface area contributed by atoms with Crippen LogP contribution in [0, 0.1) is 13.8 Å². The average Bonchev–Trinajstić information content (AvgIpc) is 3.18. The van der Waals surface area contributed by atoms with E-state index < -0.39 is 17.7 Å². The maximum Gasteiger partial charge on any atom is 0.295 e. The van der Waals surface area contributed by atoms with Gasteiger partial charge in [-0.15, -0.1) is 0 Å². The molecule has 1 aromatic heterocycles. The molecule has 2 heterocycles. The monoisotopic (exact) mass is 440 g/mol. The number of aromatic nitrogens is 2. The second-order valence-corrected chi connectivity index (χ2v) is 8.70. The molecule has 0 unspecified atom stereocenters. The predicted molar refractivity (Wildman–Crippen MR) is 122 cm³/mol. The van der Waals surface area contributed by atoms with Crippen LogP contribution >= 0.6 is 0 Å². The third kappa shape index (κ3) is 4.70. The summed E-state index contributed by atoms with van der Waals surface area (Å²) in [5.74, 6) is -0.855. The summed E-state index contributed by atoms with van der Waals surface area (Å²) >= 11 is 0. The molecule has 0 bridgehead atoms. The third-order valence-corrected chi connectivity index (χ3v) is 5.45. The Morgan fingerprint density at radius 1 is 1.28 bits per heavy atom. The van der Waals surface area contributed by atoms with Gasteiger partial charge in [0.05, 0.1) is 29.0 Å². The first-order chi connectivity index (χ1) is 15.1. The van der Waals surface area contributed by atoms with Crippen LogP contribution in [-0.2, 0) is 9.59 Å². The summed E-state index contributed by atoms with van der Waals surface area (Å²) in [6, 6.07) is 6.65. The first-order valence-electron chi connectivity index (χ1n) is 10.8. The molecule has 1 atom stereocenters. The van der Waals surface area contributed by atoms with Crippen molar-refractivity contribution in [2.24, 2.45) is 0 Å². The Labute approximate surface area is 188 Å². The third-order valence-electron chi connectivity index (χ3n) is 5.45. The molecule has 1 aliphatic rings. The minimum absolute atomic E-state index is 0.0204. The molecular weight excluding hydrogens is 408 g/mol. The summed E-state index contributed by atoms with van der Waals surface area (Å²) in [5, 5.41) is 18.2. The molecule has 0 radical (unpaired) electrons. The van der Waals surface area contributed by atoms with Gasteiger partial charge in [0.1, 0.15) is 11.5 Å². The predicted octanol–water partition coefficient (Wildman–Crippen LogP) is 3.19. The van der Waals surface area contributed by atoms with Gasteiger partial charge in [-0.1, -0.05) is 12.1 Å². The van der Waals surface area contributed by atoms with Gasteiger partial charge in [-0.25, -0.2) is 0 Å². The van der Waals surface area contributed by atoms with Crippen molar-refractivity contribution in [1.29, 1.82) is 0 Å². The number of rotatable bonds is 8. The largest absolute Gasteiger partial charge is 0.507 e. The molecular formula is C24H32N4O4. The van der Waals surface area contributed by atoms with Crippen molar-refractivity contribution in [3.8, 4) is 5.75 Å². The maximum atomic E-state index is 13.1. The normalized spacial score (nSPS) is 18.2. The smallest absolute Gasteiger partial charge is 0.295 e. The van der Waals surface area contributed by atoms with E-state index in [9.17, 15) is 14.7 Å². The molecule has 1 aromatic carbocycles. The van der Waals surface area contributed by atoms with Crippen LogP contribution in [0.5, 0.6) is 5.75 Å². The van der Waals surface area contributed by atoms with Crippen LogP contribution in [0.2, 0.25) is 0 Å². The van der Waals surface area contributed by atoms with E-state index in [1.165, 1.54) is 0 Å². The van der Waals surface area contributed by atoms with Crippen molar-refractivity contribution in [2.45, 2.75) is 46.3 Å². The van der Waals surface area contributed by atoms with Crippen LogP contribution < -0.4 is 4.74 Å². The number of benzene rings is 1. The fraction of sp³-hybridized carbons (Fsp3) is 0.458. The van der Waals surface area contributed by atoms with Crippen molar-refractivity contribution >= 4 is 17.4 Å². The molecule has 8 nitrogen and oxygen atoms in total. The molecule has 0 spiro atoms. The Morgan fingerprint density at radius 3 is 2.59 bits per heavy atom. The number of carbonyl (C=O) groups excluding carboxylic acids is 2. The maximum absolute atomic E-state index is 13.1. The lowest BCUT2D eigenvalue weighted by Crippen LogP contribution is -2.32. The van der Waals surface area contributed by atoms with E-state index in [2.05, 4.69) is 10.2 Å². The number of Topliss-reactive ketones (excluding diaryl/α,β-unsaturated/α-hetero) is 1. The van der Waals surface area contributed by atoms with E-state index in [0.717, 1.165) is 6.54 Å². The number of H-pyrrole nitrogens is 1.